The standard InChI is InChI=1S/C26H32N2O4S/c1-7-32-26(29)25-20(5)24(21(6)27-25)16-28(15-22-11-8-17(2)9-12-22)33(30,31)23-13-10-18(3)19(4)14-23/h8-14,27H,7,15-16H2,1-6H3. The van der Waals surface area contributed by atoms with Gasteiger partial charge < -0.3 is 9.72 Å². The molecule has 0 atom stereocenters. The fraction of sp³-hybridized carbons (Fsp3) is 0.346. The maximum atomic E-state index is 13.8. The lowest BCUT2D eigenvalue weighted by atomic mass is 10.1. The summed E-state index contributed by atoms with van der Waals surface area (Å²) in [6.45, 7) is 11.9. The third-order valence-electron chi connectivity index (χ3n) is 6.00. The number of esters is 1. The van der Waals surface area contributed by atoms with Crippen molar-refractivity contribution in [1.29, 1.82) is 0 Å². The number of aryl methyl sites for hydroxylation is 4. The zero-order valence-corrected chi connectivity index (χ0v) is 21.0. The highest BCUT2D eigenvalue weighted by Crippen LogP contribution is 2.27. The molecule has 176 valence electrons. The van der Waals surface area contributed by atoms with Crippen LogP contribution in [0.25, 0.3) is 0 Å². The number of rotatable bonds is 8. The van der Waals surface area contributed by atoms with Crippen molar-refractivity contribution in [2.75, 3.05) is 6.61 Å². The number of nitrogens with one attached hydrogen (secondary N) is 1. The first kappa shape index (κ1) is 24.7. The Morgan fingerprint density at radius 2 is 1.61 bits per heavy atom. The molecule has 0 radical (unpaired) electrons. The highest BCUT2D eigenvalue weighted by molar-refractivity contribution is 7.89. The van der Waals surface area contributed by atoms with Gasteiger partial charge in [0, 0.05) is 18.8 Å². The van der Waals surface area contributed by atoms with Crippen molar-refractivity contribution in [2.24, 2.45) is 0 Å². The second-order valence-electron chi connectivity index (χ2n) is 8.45. The molecule has 1 heterocycles. The Morgan fingerprint density at radius 3 is 2.21 bits per heavy atom. The molecule has 7 heteroatoms. The Morgan fingerprint density at radius 1 is 0.939 bits per heavy atom. The van der Waals surface area contributed by atoms with Gasteiger partial charge in [0.05, 0.1) is 11.5 Å². The summed E-state index contributed by atoms with van der Waals surface area (Å²) in [6.07, 6.45) is 0. The fourth-order valence-electron chi connectivity index (χ4n) is 3.76. The summed E-state index contributed by atoms with van der Waals surface area (Å²) in [5.74, 6) is -0.438. The van der Waals surface area contributed by atoms with Crippen LogP contribution in [0.15, 0.2) is 47.4 Å². The van der Waals surface area contributed by atoms with E-state index in [4.69, 9.17) is 4.74 Å². The second kappa shape index (κ2) is 9.93. The van der Waals surface area contributed by atoms with Crippen molar-refractivity contribution in [3.63, 3.8) is 0 Å². The lowest BCUT2D eigenvalue weighted by molar-refractivity contribution is 0.0519. The Balaban J connectivity index is 2.05. The number of aromatic amines is 1. The molecule has 6 nitrogen and oxygen atoms in total. The van der Waals surface area contributed by atoms with Gasteiger partial charge in [-0.15, -0.1) is 0 Å². The predicted octanol–water partition coefficient (Wildman–Crippen LogP) is 5.12. The van der Waals surface area contributed by atoms with Crippen LogP contribution < -0.4 is 0 Å². The monoisotopic (exact) mass is 468 g/mol. The molecular weight excluding hydrogens is 436 g/mol. The average molecular weight is 469 g/mol. The molecule has 0 amide bonds. The van der Waals surface area contributed by atoms with Crippen LogP contribution >= 0.6 is 0 Å². The topological polar surface area (TPSA) is 79.5 Å². The third-order valence-corrected chi connectivity index (χ3v) is 7.79. The molecule has 0 bridgehead atoms. The van der Waals surface area contributed by atoms with Crippen LogP contribution in [-0.4, -0.2) is 30.3 Å². The van der Waals surface area contributed by atoms with Crippen LogP contribution in [0.5, 0.6) is 0 Å². The summed E-state index contributed by atoms with van der Waals surface area (Å²) in [4.78, 5) is 15.7. The summed E-state index contributed by atoms with van der Waals surface area (Å²) in [5.41, 5.74) is 6.55. The van der Waals surface area contributed by atoms with Crippen LogP contribution in [0.3, 0.4) is 0 Å². The van der Waals surface area contributed by atoms with Gasteiger partial charge in [-0.2, -0.15) is 4.31 Å². The normalized spacial score (nSPS) is 11.7. The van der Waals surface area contributed by atoms with Crippen LogP contribution in [0.4, 0.5) is 0 Å². The molecule has 1 N–H and O–H groups in total. The zero-order chi connectivity index (χ0) is 24.3. The molecular formula is C26H32N2O4S. The van der Waals surface area contributed by atoms with Crippen molar-refractivity contribution in [2.45, 2.75) is 59.5 Å². The predicted molar refractivity (Wildman–Crippen MR) is 130 cm³/mol. The van der Waals surface area contributed by atoms with Crippen molar-refractivity contribution >= 4 is 16.0 Å². The van der Waals surface area contributed by atoms with Gasteiger partial charge in [0.15, 0.2) is 0 Å². The first-order valence-electron chi connectivity index (χ1n) is 11.0. The lowest BCUT2D eigenvalue weighted by Crippen LogP contribution is -2.30. The number of nitrogens with zero attached hydrogens (tertiary/aromatic N) is 1. The Kier molecular flexibility index (Phi) is 7.44. The summed E-state index contributed by atoms with van der Waals surface area (Å²) >= 11 is 0. The molecule has 0 aliphatic rings. The number of carbonyl (C=O) groups excluding carboxylic acids is 1. The van der Waals surface area contributed by atoms with Crippen LogP contribution in [-0.2, 0) is 27.8 Å². The minimum absolute atomic E-state index is 0.136. The number of sulfonamides is 1. The highest BCUT2D eigenvalue weighted by atomic mass is 32.2. The van der Waals surface area contributed by atoms with Crippen LogP contribution in [0, 0.1) is 34.6 Å². The number of ether oxygens (including phenoxy) is 1. The number of benzene rings is 2. The number of hydrogen-bond donors (Lipinski definition) is 1. The largest absolute Gasteiger partial charge is 0.461 e. The minimum atomic E-state index is -3.80. The lowest BCUT2D eigenvalue weighted by Gasteiger charge is -2.23. The van der Waals surface area contributed by atoms with E-state index in [0.29, 0.717) is 11.3 Å². The average Bonchev–Trinajstić information content (AvgIpc) is 3.05. The molecule has 2 aromatic carbocycles. The molecule has 33 heavy (non-hydrogen) atoms. The van der Waals surface area contributed by atoms with E-state index in [-0.39, 0.29) is 24.6 Å². The summed E-state index contributed by atoms with van der Waals surface area (Å²) in [6, 6.07) is 13.0. The smallest absolute Gasteiger partial charge is 0.355 e. The van der Waals surface area contributed by atoms with E-state index in [2.05, 4.69) is 4.98 Å². The van der Waals surface area contributed by atoms with Crippen LogP contribution in [0.1, 0.15) is 56.5 Å². The molecule has 0 fully saturated rings. The first-order chi connectivity index (χ1) is 15.5. The highest BCUT2D eigenvalue weighted by Gasteiger charge is 2.28. The SMILES string of the molecule is CCOC(=O)c1[nH]c(C)c(CN(Cc2ccc(C)cc2)S(=O)(=O)c2ccc(C)c(C)c2)c1C. The molecule has 0 saturated heterocycles. The number of carbonyl (C=O) groups is 1. The van der Waals surface area contributed by atoms with Gasteiger partial charge in [-0.05, 0) is 81.5 Å². The summed E-state index contributed by atoms with van der Waals surface area (Å²) in [7, 11) is -3.80. The minimum Gasteiger partial charge on any atom is -0.461 e. The first-order valence-corrected chi connectivity index (χ1v) is 12.5. The van der Waals surface area contributed by atoms with Gasteiger partial charge in [0.25, 0.3) is 0 Å². The van der Waals surface area contributed by atoms with Crippen molar-refractivity contribution in [3.8, 4) is 0 Å². The molecule has 0 unspecified atom stereocenters. The van der Waals surface area contributed by atoms with E-state index < -0.39 is 16.0 Å². The Hall–Kier alpha value is -2.90. The van der Waals surface area contributed by atoms with Crippen molar-refractivity contribution in [3.05, 3.63) is 87.2 Å². The molecule has 0 spiro atoms. The maximum Gasteiger partial charge on any atom is 0.355 e. The van der Waals surface area contributed by atoms with E-state index in [1.165, 1.54) is 4.31 Å². The molecule has 1 aromatic heterocycles. The Labute approximate surface area is 196 Å². The van der Waals surface area contributed by atoms with E-state index in [0.717, 1.165) is 33.5 Å². The quantitative estimate of drug-likeness (QED) is 0.465. The van der Waals surface area contributed by atoms with Crippen LogP contribution in [0.2, 0.25) is 0 Å². The zero-order valence-electron chi connectivity index (χ0n) is 20.2. The molecule has 0 saturated carbocycles. The van der Waals surface area contributed by atoms with Gasteiger partial charge in [-0.3, -0.25) is 0 Å². The number of H-pyrrole nitrogens is 1. The number of hydrogen-bond acceptors (Lipinski definition) is 4. The summed E-state index contributed by atoms with van der Waals surface area (Å²) < 4.78 is 34.1. The molecule has 0 aliphatic heterocycles. The second-order valence-corrected chi connectivity index (χ2v) is 10.4. The van der Waals surface area contributed by atoms with E-state index in [1.54, 1.807) is 19.1 Å². The Bertz CT molecular complexity index is 1260. The molecule has 3 aromatic rings. The fourth-order valence-corrected chi connectivity index (χ4v) is 5.24. The molecule has 3 rings (SSSR count). The van der Waals surface area contributed by atoms with E-state index >= 15 is 0 Å². The van der Waals surface area contributed by atoms with Gasteiger partial charge in [0.1, 0.15) is 5.69 Å². The van der Waals surface area contributed by atoms with Crippen molar-refractivity contribution < 1.29 is 17.9 Å². The maximum absolute atomic E-state index is 13.8. The van der Waals surface area contributed by atoms with Gasteiger partial charge >= 0.3 is 5.97 Å². The van der Waals surface area contributed by atoms with E-state index in [1.807, 2.05) is 65.0 Å². The van der Waals surface area contributed by atoms with Gasteiger partial charge in [-0.1, -0.05) is 35.9 Å². The van der Waals surface area contributed by atoms with Gasteiger partial charge in [0.2, 0.25) is 10.0 Å². The molecule has 0 aliphatic carbocycles. The van der Waals surface area contributed by atoms with E-state index in [9.17, 15) is 13.2 Å². The van der Waals surface area contributed by atoms with Gasteiger partial charge in [-0.25, -0.2) is 13.2 Å². The van der Waals surface area contributed by atoms with Crippen molar-refractivity contribution in [1.82, 2.24) is 9.29 Å². The third kappa shape index (κ3) is 5.37. The summed E-state index contributed by atoms with van der Waals surface area (Å²) in [5, 5.41) is 0. The number of aromatic nitrogens is 1.